The number of nitrogens with zero attached hydrogens (tertiary/aromatic N) is 2. The van der Waals surface area contributed by atoms with Crippen LogP contribution in [-0.2, 0) is 6.42 Å². The third kappa shape index (κ3) is 4.14. The van der Waals surface area contributed by atoms with Crippen molar-refractivity contribution in [3.05, 3.63) is 89.9 Å². The summed E-state index contributed by atoms with van der Waals surface area (Å²) in [6.45, 7) is 4.09. The maximum atomic E-state index is 13.1. The van der Waals surface area contributed by atoms with Crippen molar-refractivity contribution in [1.82, 2.24) is 9.38 Å². The Labute approximate surface area is 170 Å². The zero-order valence-electron chi connectivity index (χ0n) is 16.6. The van der Waals surface area contributed by atoms with Crippen LogP contribution in [-0.4, -0.2) is 15.3 Å². The van der Waals surface area contributed by atoms with Gasteiger partial charge in [0.1, 0.15) is 22.8 Å². The highest BCUT2D eigenvalue weighted by atomic mass is 16.5. The first-order chi connectivity index (χ1) is 14.1. The Morgan fingerprint density at radius 1 is 1.00 bits per heavy atom. The number of anilines is 1. The largest absolute Gasteiger partial charge is 0.457 e. The van der Waals surface area contributed by atoms with Gasteiger partial charge in [-0.1, -0.05) is 37.6 Å². The predicted octanol–water partition coefficient (Wildman–Crippen LogP) is 5.64. The summed E-state index contributed by atoms with van der Waals surface area (Å²) < 4.78 is 7.68. The number of hydrogen-bond acceptors (Lipinski definition) is 3. The van der Waals surface area contributed by atoms with Crippen molar-refractivity contribution in [2.75, 3.05) is 5.32 Å². The second-order valence-corrected chi connectivity index (χ2v) is 6.99. The van der Waals surface area contributed by atoms with Crippen LogP contribution in [0.3, 0.4) is 0 Å². The van der Waals surface area contributed by atoms with E-state index in [1.807, 2.05) is 84.3 Å². The second kappa shape index (κ2) is 8.19. The van der Waals surface area contributed by atoms with Gasteiger partial charge in [0, 0.05) is 11.9 Å². The fourth-order valence-corrected chi connectivity index (χ4v) is 3.27. The summed E-state index contributed by atoms with van der Waals surface area (Å²) in [5, 5.41) is 2.99. The molecule has 2 aromatic carbocycles. The smallest absolute Gasteiger partial charge is 0.274 e. The van der Waals surface area contributed by atoms with E-state index in [9.17, 15) is 4.79 Å². The molecule has 5 nitrogen and oxygen atoms in total. The first-order valence-electron chi connectivity index (χ1n) is 9.76. The fourth-order valence-electron chi connectivity index (χ4n) is 3.27. The molecule has 0 aliphatic heterocycles. The number of pyridine rings is 1. The summed E-state index contributed by atoms with van der Waals surface area (Å²) in [4.78, 5) is 17.7. The van der Waals surface area contributed by atoms with Gasteiger partial charge in [0.25, 0.3) is 5.91 Å². The molecular weight excluding hydrogens is 362 g/mol. The Balaban J connectivity index is 1.56. The van der Waals surface area contributed by atoms with Crippen LogP contribution in [0.2, 0.25) is 0 Å². The molecule has 29 heavy (non-hydrogen) atoms. The van der Waals surface area contributed by atoms with Crippen LogP contribution in [0.5, 0.6) is 11.5 Å². The zero-order valence-corrected chi connectivity index (χ0v) is 16.6. The molecule has 2 aromatic heterocycles. The van der Waals surface area contributed by atoms with Crippen molar-refractivity contribution in [2.45, 2.75) is 26.7 Å². The van der Waals surface area contributed by atoms with Gasteiger partial charge in [-0.15, -0.1) is 0 Å². The number of benzene rings is 2. The Kier molecular flexibility index (Phi) is 5.29. The zero-order chi connectivity index (χ0) is 20.2. The van der Waals surface area contributed by atoms with Crippen LogP contribution in [0.25, 0.3) is 5.65 Å². The summed E-state index contributed by atoms with van der Waals surface area (Å²) in [5.41, 5.74) is 3.99. The van der Waals surface area contributed by atoms with Crippen molar-refractivity contribution >= 4 is 17.2 Å². The fraction of sp³-hybridized carbons (Fsp3) is 0.167. The number of aryl methyl sites for hydroxylation is 2. The minimum absolute atomic E-state index is 0.164. The van der Waals surface area contributed by atoms with Crippen LogP contribution in [0.4, 0.5) is 5.69 Å². The van der Waals surface area contributed by atoms with Gasteiger partial charge < -0.3 is 10.1 Å². The molecule has 0 spiro atoms. The topological polar surface area (TPSA) is 55.6 Å². The summed E-state index contributed by atoms with van der Waals surface area (Å²) in [6, 6.07) is 20.9. The molecule has 0 saturated heterocycles. The molecule has 0 radical (unpaired) electrons. The standard InChI is InChI=1S/C24H23N3O2/c1-3-7-21-23(27-16-17(2)10-15-22(27)26-21)24(28)25-18-11-13-20(14-12-18)29-19-8-5-4-6-9-19/h4-6,8-16H,3,7H2,1-2H3,(H,25,28). The molecule has 0 aliphatic rings. The number of hydrogen-bond donors (Lipinski definition) is 1. The number of amides is 1. The van der Waals surface area contributed by atoms with Gasteiger partial charge >= 0.3 is 0 Å². The minimum Gasteiger partial charge on any atom is -0.457 e. The van der Waals surface area contributed by atoms with E-state index in [1.54, 1.807) is 0 Å². The number of ether oxygens (including phenoxy) is 1. The molecule has 0 aliphatic carbocycles. The lowest BCUT2D eigenvalue weighted by atomic mass is 10.2. The molecule has 5 heteroatoms. The van der Waals surface area contributed by atoms with Crippen molar-refractivity contribution in [1.29, 1.82) is 0 Å². The number of nitrogens with one attached hydrogen (secondary N) is 1. The van der Waals surface area contributed by atoms with E-state index < -0.39 is 0 Å². The van der Waals surface area contributed by atoms with E-state index in [0.717, 1.165) is 35.5 Å². The number of fused-ring (bicyclic) bond motifs is 1. The maximum absolute atomic E-state index is 13.1. The molecule has 1 amide bonds. The predicted molar refractivity (Wildman–Crippen MR) is 115 cm³/mol. The number of aromatic nitrogens is 2. The van der Waals surface area contributed by atoms with E-state index in [4.69, 9.17) is 4.74 Å². The number of carbonyl (C=O) groups is 1. The van der Waals surface area contributed by atoms with Gasteiger partial charge in [-0.05, 0) is 61.4 Å². The van der Waals surface area contributed by atoms with E-state index in [0.29, 0.717) is 17.1 Å². The van der Waals surface area contributed by atoms with Gasteiger partial charge in [-0.25, -0.2) is 4.98 Å². The third-order valence-electron chi connectivity index (χ3n) is 4.63. The minimum atomic E-state index is -0.164. The molecule has 0 saturated carbocycles. The second-order valence-electron chi connectivity index (χ2n) is 6.99. The summed E-state index contributed by atoms with van der Waals surface area (Å²) >= 11 is 0. The Bertz CT molecular complexity index is 1130. The van der Waals surface area contributed by atoms with Gasteiger partial charge in [-0.2, -0.15) is 0 Å². The van der Waals surface area contributed by atoms with Crippen molar-refractivity contribution in [2.24, 2.45) is 0 Å². The van der Waals surface area contributed by atoms with Crippen molar-refractivity contribution in [3.63, 3.8) is 0 Å². The third-order valence-corrected chi connectivity index (χ3v) is 4.63. The Morgan fingerprint density at radius 3 is 2.45 bits per heavy atom. The molecular formula is C24H23N3O2. The van der Waals surface area contributed by atoms with Crippen molar-refractivity contribution < 1.29 is 9.53 Å². The lowest BCUT2D eigenvalue weighted by Gasteiger charge is -2.09. The molecule has 0 atom stereocenters. The van der Waals surface area contributed by atoms with E-state index in [-0.39, 0.29) is 5.91 Å². The Hall–Kier alpha value is -3.60. The lowest BCUT2D eigenvalue weighted by molar-refractivity contribution is 0.102. The summed E-state index contributed by atoms with van der Waals surface area (Å²) in [7, 11) is 0. The highest BCUT2D eigenvalue weighted by Crippen LogP contribution is 2.23. The molecule has 1 N–H and O–H groups in total. The average molecular weight is 385 g/mol. The van der Waals surface area contributed by atoms with Gasteiger partial charge in [0.05, 0.1) is 5.69 Å². The quantitative estimate of drug-likeness (QED) is 0.467. The molecule has 146 valence electrons. The first-order valence-corrected chi connectivity index (χ1v) is 9.76. The number of rotatable bonds is 6. The molecule has 0 fully saturated rings. The summed E-state index contributed by atoms with van der Waals surface area (Å²) in [5.74, 6) is 1.32. The average Bonchev–Trinajstić information content (AvgIpc) is 3.08. The van der Waals surface area contributed by atoms with Crippen LogP contribution in [0, 0.1) is 6.92 Å². The van der Waals surface area contributed by atoms with Gasteiger partial charge in [0.15, 0.2) is 0 Å². The van der Waals surface area contributed by atoms with Gasteiger partial charge in [0.2, 0.25) is 0 Å². The molecule has 0 bridgehead atoms. The van der Waals surface area contributed by atoms with Crippen LogP contribution in [0.1, 0.15) is 35.1 Å². The molecule has 2 heterocycles. The highest BCUT2D eigenvalue weighted by Gasteiger charge is 2.19. The molecule has 4 rings (SSSR count). The van der Waals surface area contributed by atoms with Crippen molar-refractivity contribution in [3.8, 4) is 11.5 Å². The lowest BCUT2D eigenvalue weighted by Crippen LogP contribution is -2.16. The van der Waals surface area contributed by atoms with E-state index in [1.165, 1.54) is 0 Å². The van der Waals surface area contributed by atoms with Crippen LogP contribution in [0.15, 0.2) is 72.9 Å². The highest BCUT2D eigenvalue weighted by molar-refractivity contribution is 6.04. The Morgan fingerprint density at radius 2 is 1.72 bits per heavy atom. The van der Waals surface area contributed by atoms with Crippen LogP contribution >= 0.6 is 0 Å². The van der Waals surface area contributed by atoms with Crippen LogP contribution < -0.4 is 10.1 Å². The first kappa shape index (κ1) is 18.7. The number of imidazole rings is 1. The summed E-state index contributed by atoms with van der Waals surface area (Å²) in [6.07, 6.45) is 3.63. The normalized spacial score (nSPS) is 10.8. The monoisotopic (exact) mass is 385 g/mol. The maximum Gasteiger partial charge on any atom is 0.274 e. The number of para-hydroxylation sites is 1. The van der Waals surface area contributed by atoms with Gasteiger partial charge in [-0.3, -0.25) is 9.20 Å². The molecule has 4 aromatic rings. The van der Waals surface area contributed by atoms with E-state index >= 15 is 0 Å². The number of carbonyl (C=O) groups excluding carboxylic acids is 1. The SMILES string of the molecule is CCCc1nc2ccc(C)cn2c1C(=O)Nc1ccc(Oc2ccccc2)cc1. The molecule has 0 unspecified atom stereocenters. The van der Waals surface area contributed by atoms with E-state index in [2.05, 4.69) is 17.2 Å².